The van der Waals surface area contributed by atoms with E-state index in [1.807, 2.05) is 11.8 Å². The lowest BCUT2D eigenvalue weighted by molar-refractivity contribution is 0.0306. The highest BCUT2D eigenvalue weighted by atomic mass is 16.3. The lowest BCUT2D eigenvalue weighted by Crippen LogP contribution is -2.60. The van der Waals surface area contributed by atoms with Crippen molar-refractivity contribution in [2.75, 3.05) is 47.2 Å². The zero-order chi connectivity index (χ0) is 16.2. The second-order valence-corrected chi connectivity index (χ2v) is 6.89. The summed E-state index contributed by atoms with van der Waals surface area (Å²) in [4.78, 5) is 12.9. The molecule has 0 bridgehead atoms. The summed E-state index contributed by atoms with van der Waals surface area (Å²) >= 11 is 0. The normalized spacial score (nSPS) is 27.8. The molecule has 1 aromatic heterocycles. The molecule has 0 radical (unpaired) electrons. The second kappa shape index (κ2) is 4.97. The minimum absolute atomic E-state index is 0.168. The molecule has 0 saturated carbocycles. The van der Waals surface area contributed by atoms with Gasteiger partial charge < -0.3 is 31.1 Å². The van der Waals surface area contributed by atoms with Crippen LogP contribution >= 0.6 is 0 Å². The second-order valence-electron chi connectivity index (χ2n) is 6.89. The highest BCUT2D eigenvalue weighted by Crippen LogP contribution is 2.42. The molecule has 3 aliphatic rings. The summed E-state index contributed by atoms with van der Waals surface area (Å²) in [6.07, 6.45) is 5.04. The number of nitrogen functional groups attached to an aromatic ring is 1. The van der Waals surface area contributed by atoms with E-state index < -0.39 is 5.60 Å². The highest BCUT2D eigenvalue weighted by molar-refractivity contribution is 5.84. The van der Waals surface area contributed by atoms with Gasteiger partial charge in [-0.3, -0.25) is 0 Å². The van der Waals surface area contributed by atoms with E-state index in [2.05, 4.69) is 32.3 Å². The van der Waals surface area contributed by atoms with Gasteiger partial charge >= 0.3 is 0 Å². The Balaban J connectivity index is 1.62. The molecule has 23 heavy (non-hydrogen) atoms. The first-order valence-corrected chi connectivity index (χ1v) is 7.91. The van der Waals surface area contributed by atoms with E-state index in [0.717, 1.165) is 23.7 Å². The predicted octanol–water partition coefficient (Wildman–Crippen LogP) is -0.244. The molecule has 5 N–H and O–H groups in total. The summed E-state index contributed by atoms with van der Waals surface area (Å²) in [6.45, 7) is 3.69. The number of rotatable bonds is 3. The van der Waals surface area contributed by atoms with Gasteiger partial charge in [0.25, 0.3) is 0 Å². The summed E-state index contributed by atoms with van der Waals surface area (Å²) < 4.78 is 0. The molecule has 0 amide bonds. The van der Waals surface area contributed by atoms with E-state index >= 15 is 0 Å². The van der Waals surface area contributed by atoms with Gasteiger partial charge in [0.15, 0.2) is 11.6 Å². The van der Waals surface area contributed by atoms with E-state index in [1.165, 1.54) is 0 Å². The Labute approximate surface area is 134 Å². The van der Waals surface area contributed by atoms with Crippen LogP contribution in [0.3, 0.4) is 0 Å². The first-order chi connectivity index (χ1) is 11.0. The molecule has 0 spiro atoms. The van der Waals surface area contributed by atoms with E-state index in [-0.39, 0.29) is 24.5 Å². The summed E-state index contributed by atoms with van der Waals surface area (Å²) in [5.74, 6) is 1.99. The Morgan fingerprint density at radius 3 is 2.74 bits per heavy atom. The Hall–Kier alpha value is -2.06. The van der Waals surface area contributed by atoms with Gasteiger partial charge in [0.05, 0.1) is 18.3 Å². The predicted molar refractivity (Wildman–Crippen MR) is 88.4 cm³/mol. The van der Waals surface area contributed by atoms with Crippen LogP contribution in [0, 0.1) is 5.92 Å². The van der Waals surface area contributed by atoms with Crippen LogP contribution in [-0.4, -0.2) is 58.2 Å². The molecule has 1 aromatic rings. The fraction of sp³-hybridized carbons (Fsp3) is 0.600. The number of fused-ring (bicyclic) bond motifs is 1. The maximum absolute atomic E-state index is 9.96. The topological polar surface area (TPSA) is 111 Å². The number of β-amino-alcohol motifs (C(OH)–C–C–N with tert-alkyl or cyclic N) is 1. The number of nitrogens with zero attached hydrogens (tertiary/aromatic N) is 4. The van der Waals surface area contributed by atoms with Crippen molar-refractivity contribution in [3.8, 4) is 0 Å². The van der Waals surface area contributed by atoms with Crippen LogP contribution in [0.5, 0.6) is 0 Å². The lowest BCUT2D eigenvalue weighted by Gasteiger charge is -2.45. The zero-order valence-electron chi connectivity index (χ0n) is 13.1. The minimum Gasteiger partial charge on any atom is -0.396 e. The number of aliphatic hydroxyl groups excluding tert-OH is 1. The molecule has 2 atom stereocenters. The van der Waals surface area contributed by atoms with Crippen LogP contribution in [-0.2, 0) is 0 Å². The van der Waals surface area contributed by atoms with Gasteiger partial charge in [0.1, 0.15) is 5.69 Å². The van der Waals surface area contributed by atoms with E-state index in [1.54, 1.807) is 0 Å². The first kappa shape index (κ1) is 14.5. The van der Waals surface area contributed by atoms with Gasteiger partial charge in [-0.1, -0.05) is 12.2 Å². The van der Waals surface area contributed by atoms with Crippen molar-refractivity contribution in [3.63, 3.8) is 0 Å². The van der Waals surface area contributed by atoms with Crippen LogP contribution in [0.15, 0.2) is 12.2 Å². The van der Waals surface area contributed by atoms with Crippen molar-refractivity contribution in [2.45, 2.75) is 25.0 Å². The maximum Gasteiger partial charge on any atom is 0.224 e. The molecule has 1 saturated heterocycles. The molecule has 124 valence electrons. The first-order valence-electron chi connectivity index (χ1n) is 7.91. The van der Waals surface area contributed by atoms with Gasteiger partial charge in [-0.05, 0) is 13.3 Å². The largest absolute Gasteiger partial charge is 0.396 e. The molecule has 1 aliphatic carbocycles. The third kappa shape index (κ3) is 2.38. The van der Waals surface area contributed by atoms with Crippen LogP contribution in [0.25, 0.3) is 0 Å². The van der Waals surface area contributed by atoms with Crippen molar-refractivity contribution >= 4 is 23.3 Å². The van der Waals surface area contributed by atoms with E-state index in [4.69, 9.17) is 5.73 Å². The number of hydrogen-bond donors (Lipinski definition) is 4. The van der Waals surface area contributed by atoms with Crippen molar-refractivity contribution in [1.29, 1.82) is 0 Å². The van der Waals surface area contributed by atoms with E-state index in [0.29, 0.717) is 19.8 Å². The Bertz CT molecular complexity index is 654. The summed E-state index contributed by atoms with van der Waals surface area (Å²) in [5.41, 5.74) is 6.10. The molecule has 8 nitrogen and oxygen atoms in total. The van der Waals surface area contributed by atoms with Crippen molar-refractivity contribution < 1.29 is 10.2 Å². The molecule has 1 fully saturated rings. The summed E-state index contributed by atoms with van der Waals surface area (Å²) in [5, 5.41) is 22.6. The Morgan fingerprint density at radius 1 is 1.35 bits per heavy atom. The average molecular weight is 318 g/mol. The van der Waals surface area contributed by atoms with Crippen molar-refractivity contribution in [3.05, 3.63) is 12.2 Å². The van der Waals surface area contributed by atoms with E-state index in [9.17, 15) is 10.2 Å². The highest BCUT2D eigenvalue weighted by Gasteiger charge is 2.41. The number of aliphatic hydroxyl groups is 2. The SMILES string of the molecule is CC1(O)CN(c2nc(N)nc3c2NCN3[C@H]2C=C[C@@H](CO)C2)C1. The Morgan fingerprint density at radius 2 is 2.09 bits per heavy atom. The summed E-state index contributed by atoms with van der Waals surface area (Å²) in [7, 11) is 0. The number of nitrogens with one attached hydrogen (secondary N) is 1. The van der Waals surface area contributed by atoms with Crippen molar-refractivity contribution in [1.82, 2.24) is 9.97 Å². The van der Waals surface area contributed by atoms with Gasteiger partial charge in [-0.2, -0.15) is 9.97 Å². The smallest absolute Gasteiger partial charge is 0.224 e. The third-order valence-corrected chi connectivity index (χ3v) is 4.73. The van der Waals surface area contributed by atoms with Crippen LogP contribution in [0.1, 0.15) is 13.3 Å². The minimum atomic E-state index is -0.673. The molecular formula is C15H22N6O2. The Kier molecular flexibility index (Phi) is 3.14. The van der Waals surface area contributed by atoms with Gasteiger partial charge in [0, 0.05) is 25.6 Å². The molecule has 8 heteroatoms. The molecule has 4 rings (SSSR count). The quantitative estimate of drug-likeness (QED) is 0.565. The van der Waals surface area contributed by atoms with Gasteiger partial charge in [-0.25, -0.2) is 0 Å². The number of aromatic nitrogens is 2. The third-order valence-electron chi connectivity index (χ3n) is 4.73. The maximum atomic E-state index is 9.96. The fourth-order valence-corrected chi connectivity index (χ4v) is 3.61. The number of anilines is 4. The molecule has 0 unspecified atom stereocenters. The molecule has 2 aliphatic heterocycles. The van der Waals surface area contributed by atoms with Gasteiger partial charge in [0.2, 0.25) is 5.95 Å². The van der Waals surface area contributed by atoms with Gasteiger partial charge in [-0.15, -0.1) is 0 Å². The van der Waals surface area contributed by atoms with Crippen LogP contribution in [0.2, 0.25) is 0 Å². The molecular weight excluding hydrogens is 296 g/mol. The lowest BCUT2D eigenvalue weighted by atomic mass is 9.97. The van der Waals surface area contributed by atoms with Crippen molar-refractivity contribution in [2.24, 2.45) is 5.92 Å². The average Bonchev–Trinajstić information content (AvgIpc) is 3.09. The number of nitrogens with two attached hydrogens (primary N) is 1. The van der Waals surface area contributed by atoms with Crippen LogP contribution < -0.4 is 20.9 Å². The zero-order valence-corrected chi connectivity index (χ0v) is 13.1. The standard InChI is InChI=1S/C15H22N6O2/c1-15(23)6-20(7-15)12-11-13(19-14(16)18-12)21(8-17-11)10-3-2-9(4-10)5-22/h2-3,9-10,17,22-23H,4-8H2,1H3,(H2,16,18,19)/t9-,10+/m1/s1. The monoisotopic (exact) mass is 318 g/mol. The molecule has 3 heterocycles. The fourth-order valence-electron chi connectivity index (χ4n) is 3.61. The van der Waals surface area contributed by atoms with Crippen LogP contribution in [0.4, 0.5) is 23.3 Å². The molecule has 0 aromatic carbocycles. The number of hydrogen-bond acceptors (Lipinski definition) is 8. The summed E-state index contributed by atoms with van der Waals surface area (Å²) in [6, 6.07) is 0.197.